The number of esters is 1. The molecule has 0 spiro atoms. The molecule has 9 heteroatoms. The number of benzene rings is 2. The zero-order valence-corrected chi connectivity index (χ0v) is 23.1. The van der Waals surface area contributed by atoms with Crippen molar-refractivity contribution < 1.29 is 14.3 Å². The van der Waals surface area contributed by atoms with Crippen molar-refractivity contribution in [3.05, 3.63) is 75.8 Å². The summed E-state index contributed by atoms with van der Waals surface area (Å²) in [5, 5.41) is 6.38. The third-order valence-corrected chi connectivity index (χ3v) is 7.89. The highest BCUT2D eigenvalue weighted by Crippen LogP contribution is 2.32. The highest BCUT2D eigenvalue weighted by atomic mass is 35.5. The Bertz CT molecular complexity index is 1500. The van der Waals surface area contributed by atoms with Crippen LogP contribution in [0.4, 0.5) is 5.13 Å². The molecule has 0 bridgehead atoms. The van der Waals surface area contributed by atoms with Crippen molar-refractivity contribution in [3.63, 3.8) is 0 Å². The molecule has 2 aromatic carbocycles. The molecule has 5 rings (SSSR count). The molecule has 1 N–H and O–H groups in total. The monoisotopic (exact) mass is 548 g/mol. The lowest BCUT2D eigenvalue weighted by Crippen LogP contribution is -2.38. The van der Waals surface area contributed by atoms with Gasteiger partial charge in [-0.2, -0.15) is 0 Å². The van der Waals surface area contributed by atoms with E-state index in [0.29, 0.717) is 40.4 Å². The Morgan fingerprint density at radius 1 is 1.13 bits per heavy atom. The van der Waals surface area contributed by atoms with Crippen molar-refractivity contribution in [2.75, 3.05) is 11.9 Å². The number of carbonyl (C=O) groups is 2. The quantitative estimate of drug-likeness (QED) is 0.271. The maximum absolute atomic E-state index is 13.7. The fraction of sp³-hybridized carbons (Fsp3) is 0.310. The maximum atomic E-state index is 13.7. The summed E-state index contributed by atoms with van der Waals surface area (Å²) in [6, 6.07) is 15.3. The van der Waals surface area contributed by atoms with Gasteiger partial charge in [-0.3, -0.25) is 20.0 Å². The summed E-state index contributed by atoms with van der Waals surface area (Å²) in [5.74, 6) is -0.930. The highest BCUT2D eigenvalue weighted by Gasteiger charge is 2.30. The number of thiazole rings is 1. The van der Waals surface area contributed by atoms with Gasteiger partial charge < -0.3 is 4.74 Å². The van der Waals surface area contributed by atoms with Gasteiger partial charge in [0.05, 0.1) is 16.8 Å². The van der Waals surface area contributed by atoms with Crippen LogP contribution in [0.15, 0.2) is 53.9 Å². The van der Waals surface area contributed by atoms with E-state index >= 15 is 0 Å². The van der Waals surface area contributed by atoms with E-state index in [4.69, 9.17) is 21.3 Å². The predicted molar refractivity (Wildman–Crippen MR) is 152 cm³/mol. The van der Waals surface area contributed by atoms with E-state index in [9.17, 15) is 9.59 Å². The largest absolute Gasteiger partial charge is 0.449 e. The summed E-state index contributed by atoms with van der Waals surface area (Å²) in [5.41, 5.74) is 4.51. The minimum atomic E-state index is -0.970. The molecule has 1 atom stereocenters. The number of hydrogen-bond acceptors (Lipinski definition) is 7. The normalized spacial score (nSPS) is 14.3. The van der Waals surface area contributed by atoms with Gasteiger partial charge >= 0.3 is 5.97 Å². The van der Waals surface area contributed by atoms with Crippen LogP contribution < -0.4 is 5.32 Å². The molecule has 0 saturated carbocycles. The zero-order valence-electron chi connectivity index (χ0n) is 21.5. The van der Waals surface area contributed by atoms with Gasteiger partial charge in [-0.05, 0) is 32.4 Å². The molecule has 3 heterocycles. The van der Waals surface area contributed by atoms with Crippen molar-refractivity contribution in [1.29, 1.82) is 0 Å². The minimum absolute atomic E-state index is 0.323. The lowest BCUT2D eigenvalue weighted by atomic mass is 9.95. The zero-order chi connectivity index (χ0) is 26.8. The molecule has 196 valence electrons. The number of nitrogens with one attached hydrogen (secondary N) is 1. The van der Waals surface area contributed by atoms with E-state index in [0.717, 1.165) is 40.7 Å². The Labute approximate surface area is 230 Å². The second-order valence-electron chi connectivity index (χ2n) is 9.55. The first-order valence-electron chi connectivity index (χ1n) is 12.7. The number of anilines is 1. The standard InChI is InChI=1S/C29H29ClN4O3S/c1-4-25(27(35)33-29-32-24(16-38-29)18-9-5-7-11-21(18)30)37-28(36)26-19-10-6-8-12-22(19)31-23-13-14-34(17(2)3)15-20(23)26/h5-12,16-17,25H,4,13-15H2,1-3H3,(H,32,33,35). The molecule has 1 unspecified atom stereocenters. The number of para-hydroxylation sites is 1. The maximum Gasteiger partial charge on any atom is 0.340 e. The highest BCUT2D eigenvalue weighted by molar-refractivity contribution is 7.14. The Balaban J connectivity index is 1.39. The lowest BCUT2D eigenvalue weighted by molar-refractivity contribution is -0.124. The van der Waals surface area contributed by atoms with Crippen molar-refractivity contribution in [3.8, 4) is 11.3 Å². The van der Waals surface area contributed by atoms with Crippen LogP contribution in [0, 0.1) is 0 Å². The molecule has 4 aromatic rings. The van der Waals surface area contributed by atoms with Crippen LogP contribution in [0.25, 0.3) is 22.2 Å². The molecule has 0 saturated heterocycles. The molecule has 38 heavy (non-hydrogen) atoms. The minimum Gasteiger partial charge on any atom is -0.449 e. The number of fused-ring (bicyclic) bond motifs is 2. The number of carbonyl (C=O) groups excluding carboxylic acids is 2. The first kappa shape index (κ1) is 26.3. The second kappa shape index (κ2) is 11.2. The van der Waals surface area contributed by atoms with E-state index in [2.05, 4.69) is 29.0 Å². The molecular weight excluding hydrogens is 520 g/mol. The van der Waals surface area contributed by atoms with Crippen molar-refractivity contribution in [2.45, 2.75) is 52.3 Å². The van der Waals surface area contributed by atoms with Crippen LogP contribution in [0.1, 0.15) is 48.8 Å². The second-order valence-corrected chi connectivity index (χ2v) is 10.8. The van der Waals surface area contributed by atoms with Crippen LogP contribution in [0.5, 0.6) is 0 Å². The molecule has 0 radical (unpaired) electrons. The number of amides is 1. The Kier molecular flexibility index (Phi) is 7.74. The van der Waals surface area contributed by atoms with Gasteiger partial charge in [0.15, 0.2) is 11.2 Å². The topological polar surface area (TPSA) is 84.4 Å². The summed E-state index contributed by atoms with van der Waals surface area (Å²) < 4.78 is 5.86. The van der Waals surface area contributed by atoms with Crippen molar-refractivity contribution >= 4 is 50.8 Å². The van der Waals surface area contributed by atoms with Gasteiger partial charge in [0.1, 0.15) is 0 Å². The van der Waals surface area contributed by atoms with Gasteiger partial charge in [-0.15, -0.1) is 11.3 Å². The number of nitrogens with zero attached hydrogens (tertiary/aromatic N) is 3. The van der Waals surface area contributed by atoms with Gasteiger partial charge in [-0.1, -0.05) is 54.9 Å². The third-order valence-electron chi connectivity index (χ3n) is 6.81. The average Bonchev–Trinajstić information content (AvgIpc) is 3.38. The Hall–Kier alpha value is -3.33. The molecule has 1 aliphatic rings. The SMILES string of the molecule is CCC(OC(=O)c1c2c(nc3ccccc13)CCN(C(C)C)C2)C(=O)Nc1nc(-c2ccccc2Cl)cs1. The summed E-state index contributed by atoms with van der Waals surface area (Å²) >= 11 is 7.58. The summed E-state index contributed by atoms with van der Waals surface area (Å²) in [6.07, 6.45) is 0.111. The first-order valence-corrected chi connectivity index (χ1v) is 14.0. The lowest BCUT2D eigenvalue weighted by Gasteiger charge is -2.32. The molecular formula is C29H29ClN4O3S. The fourth-order valence-corrected chi connectivity index (χ4v) is 5.65. The predicted octanol–water partition coefficient (Wildman–Crippen LogP) is 6.35. The Morgan fingerprint density at radius 3 is 2.66 bits per heavy atom. The van der Waals surface area contributed by atoms with Gasteiger partial charge in [0.2, 0.25) is 0 Å². The number of ether oxygens (including phenoxy) is 1. The molecule has 0 fully saturated rings. The first-order chi connectivity index (χ1) is 18.4. The van der Waals surface area contributed by atoms with E-state index in [1.54, 1.807) is 6.07 Å². The third kappa shape index (κ3) is 5.29. The molecule has 1 amide bonds. The summed E-state index contributed by atoms with van der Waals surface area (Å²) in [6.45, 7) is 7.60. The number of hydrogen-bond donors (Lipinski definition) is 1. The Morgan fingerprint density at radius 2 is 1.89 bits per heavy atom. The summed E-state index contributed by atoms with van der Waals surface area (Å²) in [7, 11) is 0. The number of pyridine rings is 1. The number of halogens is 1. The van der Waals surface area contributed by atoms with Gasteiger partial charge in [-0.25, -0.2) is 9.78 Å². The van der Waals surface area contributed by atoms with Crippen LogP contribution >= 0.6 is 22.9 Å². The van der Waals surface area contributed by atoms with E-state index in [1.807, 2.05) is 54.8 Å². The van der Waals surface area contributed by atoms with Crippen LogP contribution in [0.2, 0.25) is 5.02 Å². The summed E-state index contributed by atoms with van der Waals surface area (Å²) in [4.78, 5) is 38.5. The average molecular weight is 549 g/mol. The van der Waals surface area contributed by atoms with Crippen LogP contribution in [-0.2, 0) is 22.5 Å². The number of aromatic nitrogens is 2. The van der Waals surface area contributed by atoms with Crippen LogP contribution in [0.3, 0.4) is 0 Å². The smallest absolute Gasteiger partial charge is 0.340 e. The van der Waals surface area contributed by atoms with E-state index < -0.39 is 18.0 Å². The fourth-order valence-electron chi connectivity index (χ4n) is 4.71. The number of rotatable bonds is 7. The van der Waals surface area contributed by atoms with E-state index in [1.165, 1.54) is 11.3 Å². The molecule has 2 aromatic heterocycles. The molecule has 1 aliphatic heterocycles. The van der Waals surface area contributed by atoms with E-state index in [-0.39, 0.29) is 0 Å². The molecule has 0 aliphatic carbocycles. The van der Waals surface area contributed by atoms with Gasteiger partial charge in [0, 0.05) is 58.2 Å². The molecule has 7 nitrogen and oxygen atoms in total. The van der Waals surface area contributed by atoms with Gasteiger partial charge in [0.25, 0.3) is 5.91 Å². The van der Waals surface area contributed by atoms with Crippen molar-refractivity contribution in [2.24, 2.45) is 0 Å². The van der Waals surface area contributed by atoms with Crippen molar-refractivity contribution in [1.82, 2.24) is 14.9 Å². The van der Waals surface area contributed by atoms with Crippen LogP contribution in [-0.4, -0.2) is 45.4 Å².